The van der Waals surface area contributed by atoms with Crippen molar-refractivity contribution in [3.63, 3.8) is 0 Å². The fourth-order valence-corrected chi connectivity index (χ4v) is 1.40. The molecule has 0 spiro atoms. The second-order valence-corrected chi connectivity index (χ2v) is 3.65. The van der Waals surface area contributed by atoms with Gasteiger partial charge < -0.3 is 10.5 Å². The molecule has 1 aliphatic heterocycles. The Morgan fingerprint density at radius 3 is 2.92 bits per heavy atom. The molecule has 2 N–H and O–H groups in total. The lowest BCUT2D eigenvalue weighted by molar-refractivity contribution is 0.182. The van der Waals surface area contributed by atoms with Gasteiger partial charge in [-0.1, -0.05) is 6.92 Å². The van der Waals surface area contributed by atoms with E-state index >= 15 is 0 Å². The topological polar surface area (TPSA) is 47.6 Å². The molecule has 1 unspecified atom stereocenters. The molecule has 12 heavy (non-hydrogen) atoms. The second kappa shape index (κ2) is 3.90. The molecule has 1 aliphatic rings. The minimum Gasteiger partial charge on any atom is -0.387 e. The molecule has 70 valence electrons. The minimum absolute atomic E-state index is 0.0424. The fourth-order valence-electron chi connectivity index (χ4n) is 1.40. The zero-order valence-electron chi connectivity index (χ0n) is 7.97. The van der Waals surface area contributed by atoms with Crippen LogP contribution < -0.4 is 5.73 Å². The number of hydrogen-bond acceptors (Lipinski definition) is 2. The molecule has 0 radical (unpaired) electrons. The average molecular weight is 170 g/mol. The Labute approximate surface area is 74.0 Å². The molecule has 3 heteroatoms. The summed E-state index contributed by atoms with van der Waals surface area (Å²) in [5, 5.41) is 0. The first kappa shape index (κ1) is 9.52. The fraction of sp³-hybridized carbons (Fsp3) is 0.889. The number of nitrogens with two attached hydrogens (primary N) is 1. The van der Waals surface area contributed by atoms with E-state index in [0.29, 0.717) is 0 Å². The molecular weight excluding hydrogens is 152 g/mol. The van der Waals surface area contributed by atoms with Crippen molar-refractivity contribution in [3.05, 3.63) is 0 Å². The van der Waals surface area contributed by atoms with Gasteiger partial charge in [0, 0.05) is 13.0 Å². The Bertz CT molecular complexity index is 171. The maximum atomic E-state index is 5.74. The van der Waals surface area contributed by atoms with E-state index in [9.17, 15) is 0 Å². The summed E-state index contributed by atoms with van der Waals surface area (Å²) >= 11 is 0. The van der Waals surface area contributed by atoms with Crippen molar-refractivity contribution in [2.24, 2.45) is 10.7 Å². The van der Waals surface area contributed by atoms with Crippen LogP contribution in [0.1, 0.15) is 33.1 Å². The SMILES string of the molecule is CCCC(N)=NC1(C)CCOC1. The van der Waals surface area contributed by atoms with Crippen molar-refractivity contribution in [1.82, 2.24) is 0 Å². The molecule has 0 aromatic rings. The van der Waals surface area contributed by atoms with E-state index in [-0.39, 0.29) is 5.54 Å². The van der Waals surface area contributed by atoms with E-state index in [0.717, 1.165) is 38.3 Å². The summed E-state index contributed by atoms with van der Waals surface area (Å²) in [6, 6.07) is 0. The van der Waals surface area contributed by atoms with E-state index in [1.807, 2.05) is 0 Å². The van der Waals surface area contributed by atoms with Crippen molar-refractivity contribution in [2.75, 3.05) is 13.2 Å². The molecule has 1 fully saturated rings. The Balaban J connectivity index is 2.51. The molecule has 0 amide bonds. The zero-order chi connectivity index (χ0) is 9.03. The van der Waals surface area contributed by atoms with Gasteiger partial charge in [0.25, 0.3) is 0 Å². The summed E-state index contributed by atoms with van der Waals surface area (Å²) in [4.78, 5) is 4.47. The van der Waals surface area contributed by atoms with Gasteiger partial charge in [0.1, 0.15) is 0 Å². The summed E-state index contributed by atoms with van der Waals surface area (Å²) in [6.07, 6.45) is 2.96. The van der Waals surface area contributed by atoms with Crippen LogP contribution in [-0.4, -0.2) is 24.6 Å². The van der Waals surface area contributed by atoms with Crippen molar-refractivity contribution in [2.45, 2.75) is 38.6 Å². The summed E-state index contributed by atoms with van der Waals surface area (Å²) in [7, 11) is 0. The van der Waals surface area contributed by atoms with Crippen LogP contribution in [0, 0.1) is 0 Å². The van der Waals surface area contributed by atoms with Gasteiger partial charge in [0.05, 0.1) is 18.0 Å². The first-order valence-corrected chi connectivity index (χ1v) is 4.58. The van der Waals surface area contributed by atoms with Gasteiger partial charge in [-0.15, -0.1) is 0 Å². The third-order valence-corrected chi connectivity index (χ3v) is 2.12. The molecule has 0 aliphatic carbocycles. The van der Waals surface area contributed by atoms with E-state index in [1.165, 1.54) is 0 Å². The molecule has 0 bridgehead atoms. The van der Waals surface area contributed by atoms with E-state index in [1.54, 1.807) is 0 Å². The molecule has 3 nitrogen and oxygen atoms in total. The number of aliphatic imine (C=N–C) groups is 1. The minimum atomic E-state index is -0.0424. The van der Waals surface area contributed by atoms with Gasteiger partial charge in [-0.3, -0.25) is 4.99 Å². The smallest absolute Gasteiger partial charge is 0.0944 e. The number of hydrogen-bond donors (Lipinski definition) is 1. The van der Waals surface area contributed by atoms with Crippen LogP contribution in [0.5, 0.6) is 0 Å². The average Bonchev–Trinajstić information content (AvgIpc) is 2.36. The molecule has 0 saturated carbocycles. The third-order valence-electron chi connectivity index (χ3n) is 2.12. The number of amidine groups is 1. The van der Waals surface area contributed by atoms with Gasteiger partial charge in [-0.25, -0.2) is 0 Å². The first-order valence-electron chi connectivity index (χ1n) is 4.58. The van der Waals surface area contributed by atoms with Gasteiger partial charge in [0.2, 0.25) is 0 Å². The molecule has 0 aromatic heterocycles. The van der Waals surface area contributed by atoms with Crippen molar-refractivity contribution >= 4 is 5.84 Å². The summed E-state index contributed by atoms with van der Waals surface area (Å²) in [5.41, 5.74) is 5.70. The zero-order valence-corrected chi connectivity index (χ0v) is 7.97. The molecule has 1 rings (SSSR count). The van der Waals surface area contributed by atoms with Crippen molar-refractivity contribution in [1.29, 1.82) is 0 Å². The quantitative estimate of drug-likeness (QED) is 0.513. The monoisotopic (exact) mass is 170 g/mol. The van der Waals surface area contributed by atoms with Gasteiger partial charge in [0.15, 0.2) is 0 Å². The van der Waals surface area contributed by atoms with E-state index < -0.39 is 0 Å². The standard InChI is InChI=1S/C9H18N2O/c1-3-4-8(10)11-9(2)5-6-12-7-9/h3-7H2,1-2H3,(H2,10,11). The lowest BCUT2D eigenvalue weighted by atomic mass is 10.0. The maximum absolute atomic E-state index is 5.74. The Kier molecular flexibility index (Phi) is 3.09. The van der Waals surface area contributed by atoms with Crippen LogP contribution in [-0.2, 0) is 4.74 Å². The summed E-state index contributed by atoms with van der Waals surface area (Å²) in [5.74, 6) is 0.769. The molecule has 0 aromatic carbocycles. The highest BCUT2D eigenvalue weighted by atomic mass is 16.5. The molecular formula is C9H18N2O. The largest absolute Gasteiger partial charge is 0.387 e. The lowest BCUT2D eigenvalue weighted by Gasteiger charge is -2.16. The van der Waals surface area contributed by atoms with Crippen molar-refractivity contribution in [3.8, 4) is 0 Å². The maximum Gasteiger partial charge on any atom is 0.0944 e. The highest BCUT2D eigenvalue weighted by molar-refractivity contribution is 5.80. The number of rotatable bonds is 3. The van der Waals surface area contributed by atoms with Gasteiger partial charge in [-0.2, -0.15) is 0 Å². The van der Waals surface area contributed by atoms with E-state index in [2.05, 4.69) is 18.8 Å². The number of ether oxygens (including phenoxy) is 1. The highest BCUT2D eigenvalue weighted by Gasteiger charge is 2.28. The summed E-state index contributed by atoms with van der Waals surface area (Å²) < 4.78 is 5.28. The predicted octanol–water partition coefficient (Wildman–Crippen LogP) is 1.32. The van der Waals surface area contributed by atoms with Crippen LogP contribution in [0.15, 0.2) is 4.99 Å². The van der Waals surface area contributed by atoms with Gasteiger partial charge >= 0.3 is 0 Å². The third kappa shape index (κ3) is 2.48. The molecule has 1 saturated heterocycles. The Hall–Kier alpha value is -0.570. The van der Waals surface area contributed by atoms with Crippen LogP contribution in [0.25, 0.3) is 0 Å². The van der Waals surface area contributed by atoms with Gasteiger partial charge in [-0.05, 0) is 19.8 Å². The molecule has 1 atom stereocenters. The Morgan fingerprint density at radius 1 is 1.67 bits per heavy atom. The number of nitrogens with zero attached hydrogens (tertiary/aromatic N) is 1. The summed E-state index contributed by atoms with van der Waals surface area (Å²) in [6.45, 7) is 5.75. The lowest BCUT2D eigenvalue weighted by Crippen LogP contribution is -2.26. The normalized spacial score (nSPS) is 31.0. The highest BCUT2D eigenvalue weighted by Crippen LogP contribution is 2.22. The molecule has 1 heterocycles. The van der Waals surface area contributed by atoms with Crippen LogP contribution in [0.3, 0.4) is 0 Å². The van der Waals surface area contributed by atoms with Crippen LogP contribution >= 0.6 is 0 Å². The second-order valence-electron chi connectivity index (χ2n) is 3.65. The Morgan fingerprint density at radius 2 is 2.42 bits per heavy atom. The van der Waals surface area contributed by atoms with Crippen LogP contribution in [0.4, 0.5) is 0 Å². The van der Waals surface area contributed by atoms with E-state index in [4.69, 9.17) is 10.5 Å². The first-order chi connectivity index (χ1) is 5.66. The predicted molar refractivity (Wildman–Crippen MR) is 50.4 cm³/mol. The van der Waals surface area contributed by atoms with Crippen molar-refractivity contribution < 1.29 is 4.74 Å². The van der Waals surface area contributed by atoms with Crippen LogP contribution in [0.2, 0.25) is 0 Å².